The molecule has 1 saturated heterocycles. The second-order valence-corrected chi connectivity index (χ2v) is 7.36. The van der Waals surface area contributed by atoms with Crippen molar-refractivity contribution >= 4 is 21.2 Å². The summed E-state index contributed by atoms with van der Waals surface area (Å²) in [6.07, 6.45) is 4.66. The minimum Gasteiger partial charge on any atom is -0.396 e. The Labute approximate surface area is 111 Å². The van der Waals surface area contributed by atoms with E-state index in [1.807, 2.05) is 12.3 Å². The molecule has 1 unspecified atom stereocenters. The quantitative estimate of drug-likeness (QED) is 0.879. The van der Waals surface area contributed by atoms with E-state index in [1.54, 1.807) is 10.5 Å². The molecule has 0 amide bonds. The van der Waals surface area contributed by atoms with Crippen molar-refractivity contribution in [1.29, 1.82) is 0 Å². The second kappa shape index (κ2) is 4.48. The molecule has 1 atom stereocenters. The van der Waals surface area contributed by atoms with E-state index in [9.17, 15) is 8.42 Å². The van der Waals surface area contributed by atoms with Gasteiger partial charge in [0.2, 0.25) is 0 Å². The van der Waals surface area contributed by atoms with Crippen LogP contribution in [-0.4, -0.2) is 34.0 Å². The van der Waals surface area contributed by atoms with Gasteiger partial charge in [-0.3, -0.25) is 4.40 Å². The fourth-order valence-corrected chi connectivity index (χ4v) is 4.45. The first-order valence-corrected chi connectivity index (χ1v) is 8.09. The Morgan fingerprint density at radius 1 is 1.37 bits per heavy atom. The smallest absolute Gasteiger partial charge is 0.183 e. The lowest BCUT2D eigenvalue weighted by atomic mass is 10.1. The highest BCUT2D eigenvalue weighted by atomic mass is 32.2. The van der Waals surface area contributed by atoms with E-state index in [2.05, 4.69) is 10.2 Å². The Balaban J connectivity index is 1.95. The van der Waals surface area contributed by atoms with Gasteiger partial charge in [-0.2, -0.15) is 0 Å². The summed E-state index contributed by atoms with van der Waals surface area (Å²) in [5.41, 5.74) is 6.95. The summed E-state index contributed by atoms with van der Waals surface area (Å²) in [5.74, 6) is 0.953. The van der Waals surface area contributed by atoms with Crippen LogP contribution in [0.4, 0.5) is 5.69 Å². The van der Waals surface area contributed by atoms with Gasteiger partial charge >= 0.3 is 0 Å². The van der Waals surface area contributed by atoms with E-state index in [4.69, 9.17) is 5.73 Å². The van der Waals surface area contributed by atoms with Crippen LogP contribution >= 0.6 is 0 Å². The van der Waals surface area contributed by atoms with Crippen molar-refractivity contribution in [2.24, 2.45) is 0 Å². The van der Waals surface area contributed by atoms with Gasteiger partial charge in [0.25, 0.3) is 0 Å². The molecule has 0 aliphatic carbocycles. The maximum Gasteiger partial charge on any atom is 0.183 e. The van der Waals surface area contributed by atoms with E-state index >= 15 is 0 Å². The molecule has 19 heavy (non-hydrogen) atoms. The van der Waals surface area contributed by atoms with Crippen LogP contribution in [0.2, 0.25) is 0 Å². The Morgan fingerprint density at radius 2 is 2.21 bits per heavy atom. The van der Waals surface area contributed by atoms with Crippen LogP contribution < -0.4 is 5.73 Å². The molecule has 1 aliphatic heterocycles. The topological polar surface area (TPSA) is 90.3 Å². The zero-order valence-electron chi connectivity index (χ0n) is 10.5. The van der Waals surface area contributed by atoms with Crippen molar-refractivity contribution < 1.29 is 8.42 Å². The molecular weight excluding hydrogens is 264 g/mol. The summed E-state index contributed by atoms with van der Waals surface area (Å²) in [4.78, 5) is 0. The highest BCUT2D eigenvalue weighted by Gasteiger charge is 2.30. The fourth-order valence-electron chi connectivity index (χ4n) is 2.58. The highest BCUT2D eigenvalue weighted by Crippen LogP contribution is 2.23. The first-order valence-electron chi connectivity index (χ1n) is 6.37. The predicted molar refractivity (Wildman–Crippen MR) is 72.5 cm³/mol. The number of nitrogens with zero attached hydrogens (tertiary/aromatic N) is 3. The first kappa shape index (κ1) is 12.4. The molecule has 0 aromatic carbocycles. The largest absolute Gasteiger partial charge is 0.396 e. The third kappa shape index (κ3) is 2.18. The molecule has 6 nitrogen and oxygen atoms in total. The molecule has 0 saturated carbocycles. The molecular formula is C12H16N4O2S. The molecule has 2 N–H and O–H groups in total. The van der Waals surface area contributed by atoms with Crippen LogP contribution in [0.5, 0.6) is 0 Å². The minimum absolute atomic E-state index is 0.288. The van der Waals surface area contributed by atoms with Gasteiger partial charge in [0.1, 0.15) is 5.82 Å². The number of hydrogen-bond donors (Lipinski definition) is 1. The lowest BCUT2D eigenvalue weighted by Gasteiger charge is -2.21. The van der Waals surface area contributed by atoms with Gasteiger partial charge in [0.15, 0.2) is 15.5 Å². The van der Waals surface area contributed by atoms with Crippen LogP contribution in [0.15, 0.2) is 18.3 Å². The zero-order valence-corrected chi connectivity index (χ0v) is 11.3. The molecule has 2 aromatic rings. The number of fused-ring (bicyclic) bond motifs is 1. The Bertz CT molecular complexity index is 708. The van der Waals surface area contributed by atoms with E-state index in [0.717, 1.165) is 12.8 Å². The number of pyridine rings is 1. The number of anilines is 1. The van der Waals surface area contributed by atoms with Gasteiger partial charge in [0, 0.05) is 12.6 Å². The van der Waals surface area contributed by atoms with Gasteiger partial charge in [-0.05, 0) is 25.0 Å². The second-order valence-electron chi connectivity index (χ2n) is 4.96. The minimum atomic E-state index is -2.99. The molecule has 7 heteroatoms. The van der Waals surface area contributed by atoms with Crippen LogP contribution in [0, 0.1) is 0 Å². The van der Waals surface area contributed by atoms with E-state index in [0.29, 0.717) is 30.0 Å². The maximum atomic E-state index is 12.0. The SMILES string of the molecule is Nc1cccn2c(CC3CCCCS3(=O)=O)nnc12. The van der Waals surface area contributed by atoms with Crippen molar-refractivity contribution in [3.63, 3.8) is 0 Å². The highest BCUT2D eigenvalue weighted by molar-refractivity contribution is 7.92. The summed E-state index contributed by atoms with van der Waals surface area (Å²) in [7, 11) is -2.99. The maximum absolute atomic E-state index is 12.0. The lowest BCUT2D eigenvalue weighted by Crippen LogP contribution is -2.30. The number of nitrogen functional groups attached to an aromatic ring is 1. The number of sulfone groups is 1. The summed E-state index contributed by atoms with van der Waals surface area (Å²) < 4.78 is 25.8. The van der Waals surface area contributed by atoms with Crippen LogP contribution in [0.1, 0.15) is 25.1 Å². The molecule has 1 fully saturated rings. The van der Waals surface area contributed by atoms with E-state index in [-0.39, 0.29) is 11.0 Å². The Morgan fingerprint density at radius 3 is 3.00 bits per heavy atom. The normalized spacial score (nSPS) is 22.6. The molecule has 0 spiro atoms. The third-order valence-electron chi connectivity index (χ3n) is 3.66. The molecule has 1 aliphatic rings. The number of hydrogen-bond acceptors (Lipinski definition) is 5. The molecule has 0 bridgehead atoms. The monoisotopic (exact) mass is 280 g/mol. The molecule has 102 valence electrons. The molecule has 3 rings (SSSR count). The van der Waals surface area contributed by atoms with E-state index in [1.165, 1.54) is 0 Å². The third-order valence-corrected chi connectivity index (χ3v) is 5.93. The average molecular weight is 280 g/mol. The van der Waals surface area contributed by atoms with Crippen molar-refractivity contribution in [2.75, 3.05) is 11.5 Å². The number of aromatic nitrogens is 3. The van der Waals surface area contributed by atoms with Gasteiger partial charge in [0.05, 0.1) is 16.7 Å². The van der Waals surface area contributed by atoms with Gasteiger partial charge in [-0.1, -0.05) is 6.42 Å². The van der Waals surface area contributed by atoms with Crippen LogP contribution in [-0.2, 0) is 16.3 Å². The van der Waals surface area contributed by atoms with Crippen molar-refractivity contribution in [3.8, 4) is 0 Å². The van der Waals surface area contributed by atoms with Crippen molar-refractivity contribution in [1.82, 2.24) is 14.6 Å². The summed E-state index contributed by atoms with van der Waals surface area (Å²) >= 11 is 0. The Kier molecular flexibility index (Phi) is 2.93. The van der Waals surface area contributed by atoms with Crippen molar-refractivity contribution in [2.45, 2.75) is 30.9 Å². The lowest BCUT2D eigenvalue weighted by molar-refractivity contribution is 0.533. The predicted octanol–water partition coefficient (Wildman–Crippen LogP) is 0.821. The van der Waals surface area contributed by atoms with Crippen LogP contribution in [0.3, 0.4) is 0 Å². The summed E-state index contributed by atoms with van der Waals surface area (Å²) in [6, 6.07) is 3.57. The molecule has 0 radical (unpaired) electrons. The van der Waals surface area contributed by atoms with Crippen LogP contribution in [0.25, 0.3) is 5.65 Å². The zero-order chi connectivity index (χ0) is 13.5. The van der Waals surface area contributed by atoms with Gasteiger partial charge in [-0.25, -0.2) is 8.42 Å². The number of nitrogens with two attached hydrogens (primary N) is 1. The average Bonchev–Trinajstić information content (AvgIpc) is 2.77. The first-order chi connectivity index (χ1) is 9.08. The van der Waals surface area contributed by atoms with E-state index < -0.39 is 9.84 Å². The summed E-state index contributed by atoms with van der Waals surface area (Å²) in [5, 5.41) is 7.77. The van der Waals surface area contributed by atoms with Crippen molar-refractivity contribution in [3.05, 3.63) is 24.2 Å². The standard InChI is InChI=1S/C12H16N4O2S/c13-10-5-3-6-16-11(14-15-12(10)16)8-9-4-1-2-7-19(9,17)18/h3,5-6,9H,1-2,4,7-8,13H2. The van der Waals surface area contributed by atoms with Gasteiger partial charge < -0.3 is 5.73 Å². The molecule has 3 heterocycles. The number of rotatable bonds is 2. The summed E-state index contributed by atoms with van der Waals surface area (Å²) in [6.45, 7) is 0. The Hall–Kier alpha value is -1.63. The fraction of sp³-hybridized carbons (Fsp3) is 0.500. The molecule has 2 aromatic heterocycles. The van der Waals surface area contributed by atoms with Gasteiger partial charge in [-0.15, -0.1) is 10.2 Å².